The molecule has 0 saturated carbocycles. The second kappa shape index (κ2) is 6.83. The zero-order chi connectivity index (χ0) is 16.2. The third-order valence-electron chi connectivity index (χ3n) is 3.54. The molecule has 0 fully saturated rings. The number of rotatable bonds is 6. The third kappa shape index (κ3) is 4.14. The largest absolute Gasteiger partial charge is 0.426 e. The van der Waals surface area contributed by atoms with Crippen LogP contribution in [0.5, 0.6) is 0 Å². The highest BCUT2D eigenvalue weighted by molar-refractivity contribution is 4.98. The van der Waals surface area contributed by atoms with E-state index in [-0.39, 0.29) is 6.42 Å². The molecule has 0 rings (SSSR count). The van der Waals surface area contributed by atoms with Crippen molar-refractivity contribution in [1.29, 1.82) is 0 Å². The van der Waals surface area contributed by atoms with Crippen LogP contribution >= 0.6 is 0 Å². The molecule has 1 nitrogen and oxygen atoms in total. The fraction of sp³-hybridized carbons (Fsp3) is 0.846. The molecule has 0 aromatic heterocycles. The average Bonchev–Trinajstić information content (AvgIpc) is 2.30. The molecule has 0 saturated heterocycles. The van der Waals surface area contributed by atoms with E-state index in [1.807, 2.05) is 0 Å². The van der Waals surface area contributed by atoms with Crippen molar-refractivity contribution in [2.75, 3.05) is 0 Å². The molecule has 0 amide bonds. The Bertz CT molecular complexity index is 304. The Kier molecular flexibility index (Phi) is 6.58. The van der Waals surface area contributed by atoms with Crippen molar-refractivity contribution >= 4 is 0 Å². The summed E-state index contributed by atoms with van der Waals surface area (Å²) in [6, 6.07) is 0. The van der Waals surface area contributed by atoms with Crippen molar-refractivity contribution in [3.8, 4) is 0 Å². The summed E-state index contributed by atoms with van der Waals surface area (Å²) in [5, 5.41) is 9.22. The van der Waals surface area contributed by atoms with E-state index in [0.717, 1.165) is 0 Å². The fourth-order valence-corrected chi connectivity index (χ4v) is 2.24. The second-order valence-electron chi connectivity index (χ2n) is 4.83. The van der Waals surface area contributed by atoms with Gasteiger partial charge in [0.2, 0.25) is 0 Å². The zero-order valence-electron chi connectivity index (χ0n) is 11.6. The van der Waals surface area contributed by atoms with E-state index >= 15 is 0 Å². The topological polar surface area (TPSA) is 20.2 Å². The van der Waals surface area contributed by atoms with Crippen LogP contribution in [-0.4, -0.2) is 23.1 Å². The van der Waals surface area contributed by atoms with E-state index in [2.05, 4.69) is 0 Å². The van der Waals surface area contributed by atoms with Crippen molar-refractivity contribution in [2.24, 2.45) is 11.8 Å². The van der Waals surface area contributed by atoms with Crippen molar-refractivity contribution in [1.82, 2.24) is 0 Å². The average molecular weight is 306 g/mol. The quantitative estimate of drug-likeness (QED) is 0.549. The van der Waals surface area contributed by atoms with Gasteiger partial charge in [-0.1, -0.05) is 32.4 Å². The zero-order valence-corrected chi connectivity index (χ0v) is 11.6. The molecule has 0 aliphatic heterocycles. The number of aliphatic hydroxyl groups is 1. The molecule has 0 aromatic rings. The van der Waals surface area contributed by atoms with Crippen molar-refractivity contribution < 1.29 is 31.4 Å². The highest BCUT2D eigenvalue weighted by atomic mass is 19.4. The minimum absolute atomic E-state index is 0.122. The molecule has 0 aliphatic carbocycles. The van der Waals surface area contributed by atoms with Gasteiger partial charge in [-0.25, -0.2) is 0 Å². The molecule has 20 heavy (non-hydrogen) atoms. The van der Waals surface area contributed by atoms with Gasteiger partial charge in [0.15, 0.2) is 0 Å². The van der Waals surface area contributed by atoms with Crippen LogP contribution in [0.15, 0.2) is 12.2 Å². The van der Waals surface area contributed by atoms with Crippen LogP contribution < -0.4 is 0 Å². The molecule has 0 heterocycles. The van der Waals surface area contributed by atoms with Gasteiger partial charge in [0.05, 0.1) is 0 Å². The summed E-state index contributed by atoms with van der Waals surface area (Å²) in [6.07, 6.45) is -9.15. The van der Waals surface area contributed by atoms with Gasteiger partial charge in [0.25, 0.3) is 5.60 Å². The van der Waals surface area contributed by atoms with E-state index in [4.69, 9.17) is 0 Å². The summed E-state index contributed by atoms with van der Waals surface area (Å²) in [6.45, 7) is 4.85. The van der Waals surface area contributed by atoms with Crippen molar-refractivity contribution in [3.63, 3.8) is 0 Å². The summed E-state index contributed by atoms with van der Waals surface area (Å²) >= 11 is 0. The van der Waals surface area contributed by atoms with Crippen LogP contribution in [0.1, 0.15) is 40.0 Å². The number of hydrogen-bond donors (Lipinski definition) is 1. The van der Waals surface area contributed by atoms with E-state index in [1.54, 1.807) is 26.0 Å². The lowest BCUT2D eigenvalue weighted by atomic mass is 9.78. The lowest BCUT2D eigenvalue weighted by Crippen LogP contribution is -2.58. The van der Waals surface area contributed by atoms with Crippen LogP contribution in [-0.2, 0) is 0 Å². The van der Waals surface area contributed by atoms with E-state index in [1.165, 1.54) is 6.92 Å². The summed E-state index contributed by atoms with van der Waals surface area (Å²) in [5.41, 5.74) is -4.66. The van der Waals surface area contributed by atoms with Gasteiger partial charge in [-0.2, -0.15) is 26.3 Å². The Morgan fingerprint density at radius 2 is 1.40 bits per heavy atom. The maximum atomic E-state index is 12.7. The monoisotopic (exact) mass is 306 g/mol. The summed E-state index contributed by atoms with van der Waals surface area (Å²) in [5.74, 6) is -1.33. The highest BCUT2D eigenvalue weighted by Crippen LogP contribution is 2.48. The Morgan fingerprint density at radius 1 is 0.950 bits per heavy atom. The molecule has 0 aromatic carbocycles. The second-order valence-corrected chi connectivity index (χ2v) is 4.83. The Labute approximate surface area is 114 Å². The highest BCUT2D eigenvalue weighted by Gasteiger charge is 2.70. The number of allylic oxidation sites excluding steroid dienone is 2. The van der Waals surface area contributed by atoms with Gasteiger partial charge < -0.3 is 5.11 Å². The van der Waals surface area contributed by atoms with Gasteiger partial charge in [0.1, 0.15) is 0 Å². The fourth-order valence-electron chi connectivity index (χ4n) is 2.24. The van der Waals surface area contributed by atoms with Crippen molar-refractivity contribution in [2.45, 2.75) is 58.0 Å². The predicted molar refractivity (Wildman–Crippen MR) is 64.1 cm³/mol. The lowest BCUT2D eigenvalue weighted by molar-refractivity contribution is -0.373. The standard InChI is InChI=1S/C13H20F6O/c1-4-7-9(5-2)10(6-3)8-11(20,12(14,15)16)13(17,18)19/h4,7,9-10,20H,5-6,8H2,1-3H3/b7-4-. The third-order valence-corrected chi connectivity index (χ3v) is 3.54. The maximum Gasteiger partial charge on any atom is 0.426 e. The molecule has 0 radical (unpaired) electrons. The molecule has 0 aliphatic rings. The van der Waals surface area contributed by atoms with Gasteiger partial charge in [-0.05, 0) is 31.6 Å². The first-order chi connectivity index (χ1) is 8.94. The first-order valence-electron chi connectivity index (χ1n) is 6.43. The van der Waals surface area contributed by atoms with Gasteiger partial charge in [-0.15, -0.1) is 0 Å². The molecule has 120 valence electrons. The molecular weight excluding hydrogens is 286 g/mol. The summed E-state index contributed by atoms with van der Waals surface area (Å²) in [4.78, 5) is 0. The normalized spacial score (nSPS) is 17.5. The maximum absolute atomic E-state index is 12.7. The van der Waals surface area contributed by atoms with Crippen molar-refractivity contribution in [3.05, 3.63) is 12.2 Å². The van der Waals surface area contributed by atoms with Crippen LogP contribution in [0, 0.1) is 11.8 Å². The van der Waals surface area contributed by atoms with Crippen LogP contribution in [0.3, 0.4) is 0 Å². The summed E-state index contributed by atoms with van der Waals surface area (Å²) in [7, 11) is 0. The first kappa shape index (κ1) is 19.3. The molecule has 0 bridgehead atoms. The number of hydrogen-bond acceptors (Lipinski definition) is 1. The van der Waals surface area contributed by atoms with Crippen LogP contribution in [0.2, 0.25) is 0 Å². The van der Waals surface area contributed by atoms with E-state index in [9.17, 15) is 31.4 Å². The first-order valence-corrected chi connectivity index (χ1v) is 6.43. The minimum atomic E-state index is -5.74. The van der Waals surface area contributed by atoms with Gasteiger partial charge in [-0.3, -0.25) is 0 Å². The SMILES string of the molecule is C/C=C\C(CC)C(CC)CC(O)(C(F)(F)F)C(F)(F)F. The Morgan fingerprint density at radius 3 is 1.65 bits per heavy atom. The van der Waals surface area contributed by atoms with Crippen LogP contribution in [0.4, 0.5) is 26.3 Å². The van der Waals surface area contributed by atoms with Crippen LogP contribution in [0.25, 0.3) is 0 Å². The molecule has 1 N–H and O–H groups in total. The van der Waals surface area contributed by atoms with E-state index < -0.39 is 36.2 Å². The summed E-state index contributed by atoms with van der Waals surface area (Å²) < 4.78 is 76.0. The van der Waals surface area contributed by atoms with E-state index in [0.29, 0.717) is 6.42 Å². The van der Waals surface area contributed by atoms with Gasteiger partial charge in [0, 0.05) is 0 Å². The lowest BCUT2D eigenvalue weighted by Gasteiger charge is -2.36. The van der Waals surface area contributed by atoms with Gasteiger partial charge >= 0.3 is 12.4 Å². The molecule has 2 atom stereocenters. The number of alkyl halides is 6. The molecule has 2 unspecified atom stereocenters. The molecule has 0 spiro atoms. The Balaban J connectivity index is 5.45. The molecular formula is C13H20F6O. The molecule has 7 heteroatoms. The predicted octanol–water partition coefficient (Wildman–Crippen LogP) is 4.86. The Hall–Kier alpha value is -0.720. The smallest absolute Gasteiger partial charge is 0.374 e. The number of halogens is 6. The minimum Gasteiger partial charge on any atom is -0.374 e.